The van der Waals surface area contributed by atoms with E-state index in [9.17, 15) is 9.90 Å². The second-order valence-electron chi connectivity index (χ2n) is 4.92. The summed E-state index contributed by atoms with van der Waals surface area (Å²) < 4.78 is 0. The van der Waals surface area contributed by atoms with E-state index in [4.69, 9.17) is 5.26 Å². The van der Waals surface area contributed by atoms with Crippen molar-refractivity contribution in [2.45, 2.75) is 12.5 Å². The SMILES string of the molecule is CN1CC(C(=O)NCC2=C(O)CNC=C2)CC1C#N. The average Bonchev–Trinajstić information content (AvgIpc) is 2.79. The molecule has 2 aliphatic heterocycles. The molecule has 102 valence electrons. The number of aliphatic hydroxyl groups excluding tert-OH is 1. The first-order valence-electron chi connectivity index (χ1n) is 6.30. The van der Waals surface area contributed by atoms with Crippen LogP contribution in [0.3, 0.4) is 0 Å². The third kappa shape index (κ3) is 3.06. The van der Waals surface area contributed by atoms with Gasteiger partial charge in [-0.1, -0.05) is 0 Å². The first kappa shape index (κ1) is 13.4. The molecule has 19 heavy (non-hydrogen) atoms. The number of amides is 1. The third-order valence-electron chi connectivity index (χ3n) is 3.56. The number of hydrogen-bond acceptors (Lipinski definition) is 5. The molecule has 6 heteroatoms. The molecule has 0 spiro atoms. The van der Waals surface area contributed by atoms with Gasteiger partial charge in [0.15, 0.2) is 0 Å². The number of nitrogens with one attached hydrogen (secondary N) is 2. The van der Waals surface area contributed by atoms with E-state index in [1.54, 1.807) is 12.3 Å². The van der Waals surface area contributed by atoms with Crippen LogP contribution in [0.2, 0.25) is 0 Å². The van der Waals surface area contributed by atoms with E-state index in [0.717, 1.165) is 5.57 Å². The number of carbonyl (C=O) groups excluding carboxylic acids is 1. The summed E-state index contributed by atoms with van der Waals surface area (Å²) in [5.74, 6) is 0.0427. The van der Waals surface area contributed by atoms with Crippen molar-refractivity contribution in [2.24, 2.45) is 5.92 Å². The molecular formula is C13H18N4O2. The molecule has 0 bridgehead atoms. The van der Waals surface area contributed by atoms with Crippen molar-refractivity contribution >= 4 is 5.91 Å². The Labute approximate surface area is 112 Å². The van der Waals surface area contributed by atoms with Crippen molar-refractivity contribution in [1.82, 2.24) is 15.5 Å². The maximum Gasteiger partial charge on any atom is 0.224 e. The zero-order chi connectivity index (χ0) is 13.8. The fraction of sp³-hybridized carbons (Fsp3) is 0.538. The van der Waals surface area contributed by atoms with Gasteiger partial charge in [0.1, 0.15) is 5.76 Å². The second kappa shape index (κ2) is 5.76. The van der Waals surface area contributed by atoms with Crippen LogP contribution in [-0.4, -0.2) is 48.6 Å². The highest BCUT2D eigenvalue weighted by Crippen LogP contribution is 2.21. The van der Waals surface area contributed by atoms with Crippen LogP contribution in [-0.2, 0) is 4.79 Å². The highest BCUT2D eigenvalue weighted by molar-refractivity contribution is 5.79. The third-order valence-corrected chi connectivity index (χ3v) is 3.56. The van der Waals surface area contributed by atoms with Crippen LogP contribution in [0, 0.1) is 17.2 Å². The molecule has 2 unspecified atom stereocenters. The van der Waals surface area contributed by atoms with Crippen molar-refractivity contribution in [2.75, 3.05) is 26.7 Å². The lowest BCUT2D eigenvalue weighted by Crippen LogP contribution is -2.34. The van der Waals surface area contributed by atoms with Crippen LogP contribution in [0.4, 0.5) is 0 Å². The van der Waals surface area contributed by atoms with Crippen LogP contribution in [0.15, 0.2) is 23.6 Å². The zero-order valence-corrected chi connectivity index (χ0v) is 10.9. The van der Waals surface area contributed by atoms with Crippen molar-refractivity contribution in [1.29, 1.82) is 5.26 Å². The summed E-state index contributed by atoms with van der Waals surface area (Å²) in [5, 5.41) is 24.3. The number of aliphatic hydroxyl groups is 1. The fourth-order valence-electron chi connectivity index (χ4n) is 2.35. The first-order valence-corrected chi connectivity index (χ1v) is 6.30. The number of likely N-dealkylation sites (tertiary alicyclic amines) is 1. The first-order chi connectivity index (χ1) is 9.11. The second-order valence-corrected chi connectivity index (χ2v) is 4.92. The van der Waals surface area contributed by atoms with E-state index in [0.29, 0.717) is 26.1 Å². The Balaban J connectivity index is 1.86. The average molecular weight is 262 g/mol. The summed E-state index contributed by atoms with van der Waals surface area (Å²) in [7, 11) is 1.85. The molecule has 6 nitrogen and oxygen atoms in total. The van der Waals surface area contributed by atoms with Crippen LogP contribution < -0.4 is 10.6 Å². The quantitative estimate of drug-likeness (QED) is 0.659. The van der Waals surface area contributed by atoms with Gasteiger partial charge in [0, 0.05) is 18.7 Å². The highest BCUT2D eigenvalue weighted by Gasteiger charge is 2.33. The number of nitriles is 1. The maximum atomic E-state index is 12.0. The van der Waals surface area contributed by atoms with Gasteiger partial charge in [-0.2, -0.15) is 5.26 Å². The van der Waals surface area contributed by atoms with E-state index in [1.807, 2.05) is 11.9 Å². The molecule has 2 heterocycles. The van der Waals surface area contributed by atoms with Crippen LogP contribution >= 0.6 is 0 Å². The summed E-state index contributed by atoms with van der Waals surface area (Å²) in [6.07, 6.45) is 4.06. The van der Waals surface area contributed by atoms with Gasteiger partial charge in [0.2, 0.25) is 5.91 Å². The van der Waals surface area contributed by atoms with Gasteiger partial charge in [0.25, 0.3) is 0 Å². The largest absolute Gasteiger partial charge is 0.510 e. The summed E-state index contributed by atoms with van der Waals surface area (Å²) >= 11 is 0. The van der Waals surface area contributed by atoms with E-state index >= 15 is 0 Å². The van der Waals surface area contributed by atoms with Gasteiger partial charge in [0.05, 0.1) is 24.6 Å². The van der Waals surface area contributed by atoms with E-state index in [1.165, 1.54) is 0 Å². The molecule has 0 radical (unpaired) electrons. The van der Waals surface area contributed by atoms with Crippen molar-refractivity contribution in [3.05, 3.63) is 23.6 Å². The minimum absolute atomic E-state index is 0.0585. The Morgan fingerprint density at radius 3 is 3.16 bits per heavy atom. The minimum Gasteiger partial charge on any atom is -0.510 e. The van der Waals surface area contributed by atoms with Gasteiger partial charge in [-0.15, -0.1) is 0 Å². The predicted octanol–water partition coefficient (Wildman–Crippen LogP) is -0.125. The molecule has 2 aliphatic rings. The molecule has 1 saturated heterocycles. The van der Waals surface area contributed by atoms with Gasteiger partial charge in [-0.05, 0) is 25.7 Å². The Morgan fingerprint density at radius 1 is 1.74 bits per heavy atom. The Kier molecular flexibility index (Phi) is 4.07. The summed E-state index contributed by atoms with van der Waals surface area (Å²) in [5.41, 5.74) is 0.718. The predicted molar refractivity (Wildman–Crippen MR) is 69.9 cm³/mol. The molecule has 1 amide bonds. The fourth-order valence-corrected chi connectivity index (χ4v) is 2.35. The minimum atomic E-state index is -0.179. The zero-order valence-electron chi connectivity index (χ0n) is 10.9. The Hall–Kier alpha value is -2.00. The molecule has 3 N–H and O–H groups in total. The molecule has 2 rings (SSSR count). The van der Waals surface area contributed by atoms with Gasteiger partial charge in [-0.3, -0.25) is 9.69 Å². The molecule has 0 saturated carbocycles. The number of rotatable bonds is 3. The lowest BCUT2D eigenvalue weighted by atomic mass is 10.1. The Morgan fingerprint density at radius 2 is 2.53 bits per heavy atom. The smallest absolute Gasteiger partial charge is 0.224 e. The van der Waals surface area contributed by atoms with Gasteiger partial charge in [-0.25, -0.2) is 0 Å². The number of dihydropyridines is 1. The van der Waals surface area contributed by atoms with Crippen molar-refractivity contribution in [3.8, 4) is 6.07 Å². The number of hydrogen-bond donors (Lipinski definition) is 3. The van der Waals surface area contributed by atoms with E-state index < -0.39 is 0 Å². The Bertz CT molecular complexity index is 464. The normalized spacial score (nSPS) is 26.9. The lowest BCUT2D eigenvalue weighted by Gasteiger charge is -2.15. The van der Waals surface area contributed by atoms with E-state index in [-0.39, 0.29) is 23.6 Å². The van der Waals surface area contributed by atoms with Crippen LogP contribution in [0.5, 0.6) is 0 Å². The number of nitrogens with zero attached hydrogens (tertiary/aromatic N) is 2. The monoisotopic (exact) mass is 262 g/mol. The molecule has 0 aliphatic carbocycles. The van der Waals surface area contributed by atoms with Crippen LogP contribution in [0.1, 0.15) is 6.42 Å². The van der Waals surface area contributed by atoms with Crippen molar-refractivity contribution < 1.29 is 9.90 Å². The molecule has 0 aromatic carbocycles. The van der Waals surface area contributed by atoms with Crippen molar-refractivity contribution in [3.63, 3.8) is 0 Å². The molecule has 0 aromatic heterocycles. The lowest BCUT2D eigenvalue weighted by molar-refractivity contribution is -0.124. The summed E-state index contributed by atoms with van der Waals surface area (Å²) in [6, 6.07) is 2.01. The molecule has 2 atom stereocenters. The van der Waals surface area contributed by atoms with Gasteiger partial charge >= 0.3 is 0 Å². The molecule has 1 fully saturated rings. The van der Waals surface area contributed by atoms with Gasteiger partial charge < -0.3 is 15.7 Å². The standard InChI is InChI=1S/C13H18N4O2/c1-17-8-10(4-11(17)5-14)13(19)16-6-9-2-3-15-7-12(9)18/h2-3,10-11,15,18H,4,6-8H2,1H3,(H,16,19). The highest BCUT2D eigenvalue weighted by atomic mass is 16.3. The summed E-state index contributed by atoms with van der Waals surface area (Å²) in [4.78, 5) is 13.9. The summed E-state index contributed by atoms with van der Waals surface area (Å²) in [6.45, 7) is 1.32. The molecular weight excluding hydrogens is 244 g/mol. The molecule has 0 aromatic rings. The topological polar surface area (TPSA) is 88.4 Å². The van der Waals surface area contributed by atoms with Crippen LogP contribution in [0.25, 0.3) is 0 Å². The van der Waals surface area contributed by atoms with E-state index in [2.05, 4.69) is 16.7 Å². The number of carbonyl (C=O) groups is 1. The maximum absolute atomic E-state index is 12.0.